The molecule has 1 aromatic carbocycles. The van der Waals surface area contributed by atoms with Crippen LogP contribution in [0.25, 0.3) is 0 Å². The van der Waals surface area contributed by atoms with Crippen LogP contribution in [0.15, 0.2) is 41.8 Å². The van der Waals surface area contributed by atoms with E-state index < -0.39 is 24.6 Å². The number of aliphatic carboxylic acids is 1. The minimum Gasteiger partial charge on any atom is -0.481 e. The third-order valence-electron chi connectivity index (χ3n) is 8.16. The fourth-order valence-corrected chi connectivity index (χ4v) is 7.66. The Bertz CT molecular complexity index is 1110. The standard InChI is InChI=1S/C29H36FNO5S/c1-31-27(19-2-3-19)23(9-8-21(32)14-22(33)15-25(34)35)26(18-4-6-20(30)7-5-18)29-28(31)24(16-37-29)17-10-12-36-13-11-17/h4-9,16-17,19,21-23,26-27,32-33H,2-3,10-15H2,1H3,(H,34,35)/b9-8+/t21-,22-,23?,26?,27?/m1/s1. The molecule has 0 bridgehead atoms. The lowest BCUT2D eigenvalue weighted by Crippen LogP contribution is -2.46. The van der Waals surface area contributed by atoms with E-state index in [-0.39, 0.29) is 30.1 Å². The first kappa shape index (κ1) is 26.4. The highest BCUT2D eigenvalue weighted by Gasteiger charge is 2.48. The van der Waals surface area contributed by atoms with Crippen molar-refractivity contribution >= 4 is 23.0 Å². The number of halogens is 1. The van der Waals surface area contributed by atoms with Gasteiger partial charge in [-0.2, -0.15) is 0 Å². The van der Waals surface area contributed by atoms with Gasteiger partial charge in [-0.15, -0.1) is 11.3 Å². The normalized spacial score (nSPS) is 26.3. The Labute approximate surface area is 221 Å². The van der Waals surface area contributed by atoms with Crippen LogP contribution in [0, 0.1) is 17.7 Å². The van der Waals surface area contributed by atoms with Crippen molar-refractivity contribution in [1.29, 1.82) is 0 Å². The van der Waals surface area contributed by atoms with Crippen LogP contribution in [0.5, 0.6) is 0 Å². The second-order valence-electron chi connectivity index (χ2n) is 10.8. The summed E-state index contributed by atoms with van der Waals surface area (Å²) in [6.07, 6.45) is 5.63. The maximum atomic E-state index is 13.9. The van der Waals surface area contributed by atoms with Crippen molar-refractivity contribution in [3.63, 3.8) is 0 Å². The molecular formula is C29H36FNO5S. The summed E-state index contributed by atoms with van der Waals surface area (Å²) in [7, 11) is 2.19. The predicted molar refractivity (Wildman–Crippen MR) is 142 cm³/mol. The van der Waals surface area contributed by atoms with E-state index in [0.717, 1.165) is 44.5 Å². The van der Waals surface area contributed by atoms with Gasteiger partial charge in [-0.05, 0) is 66.2 Å². The molecule has 5 rings (SSSR count). The van der Waals surface area contributed by atoms with Gasteiger partial charge in [0.15, 0.2) is 0 Å². The van der Waals surface area contributed by atoms with Gasteiger partial charge in [-0.1, -0.05) is 24.3 Å². The number of carbonyl (C=O) groups is 1. The highest BCUT2D eigenvalue weighted by atomic mass is 32.1. The van der Waals surface area contributed by atoms with E-state index in [1.807, 2.05) is 12.1 Å². The molecule has 3 heterocycles. The summed E-state index contributed by atoms with van der Waals surface area (Å²) in [5.74, 6) is -0.290. The number of nitrogens with zero attached hydrogens (tertiary/aromatic N) is 1. The van der Waals surface area contributed by atoms with Gasteiger partial charge in [-0.25, -0.2) is 4.39 Å². The van der Waals surface area contributed by atoms with Crippen molar-refractivity contribution in [1.82, 2.24) is 0 Å². The summed E-state index contributed by atoms with van der Waals surface area (Å²) in [4.78, 5) is 14.6. The molecule has 3 aliphatic rings. The van der Waals surface area contributed by atoms with Gasteiger partial charge < -0.3 is 25.0 Å². The highest BCUT2D eigenvalue weighted by molar-refractivity contribution is 7.10. The molecule has 1 saturated carbocycles. The van der Waals surface area contributed by atoms with E-state index in [1.54, 1.807) is 17.4 Å². The van der Waals surface area contributed by atoms with Crippen LogP contribution in [-0.2, 0) is 9.53 Å². The van der Waals surface area contributed by atoms with Gasteiger partial charge in [0.05, 0.1) is 24.3 Å². The Morgan fingerprint density at radius 2 is 1.89 bits per heavy atom. The first-order chi connectivity index (χ1) is 17.8. The molecule has 1 aromatic heterocycles. The van der Waals surface area contributed by atoms with E-state index >= 15 is 0 Å². The lowest BCUT2D eigenvalue weighted by molar-refractivity contribution is -0.139. The summed E-state index contributed by atoms with van der Waals surface area (Å²) in [5.41, 5.74) is 3.75. The lowest BCUT2D eigenvalue weighted by Gasteiger charge is -2.45. The molecule has 6 nitrogen and oxygen atoms in total. The summed E-state index contributed by atoms with van der Waals surface area (Å²) in [6.45, 7) is 1.56. The second kappa shape index (κ2) is 11.2. The molecule has 0 radical (unpaired) electrons. The Hall–Kier alpha value is -2.26. The Balaban J connectivity index is 1.52. The fraction of sp³-hybridized carbons (Fsp3) is 0.552. The molecule has 8 heteroatoms. The van der Waals surface area contributed by atoms with Gasteiger partial charge in [-0.3, -0.25) is 4.79 Å². The number of ether oxygens (including phenoxy) is 1. The average Bonchev–Trinajstić information content (AvgIpc) is 3.60. The van der Waals surface area contributed by atoms with Crippen LogP contribution in [0.1, 0.15) is 66.4 Å². The SMILES string of the molecule is CN1c2c(C3CCOCC3)csc2C(c2ccc(F)cc2)C(/C=C/[C@@H](O)C[C@@H](O)CC(=O)O)C1C1CC1. The monoisotopic (exact) mass is 529 g/mol. The number of benzene rings is 1. The van der Waals surface area contributed by atoms with Gasteiger partial charge in [0.1, 0.15) is 5.82 Å². The smallest absolute Gasteiger partial charge is 0.305 e. The molecule has 200 valence electrons. The number of rotatable bonds is 9. The number of carboxylic acid groups (broad SMARTS) is 1. The van der Waals surface area contributed by atoms with Crippen LogP contribution < -0.4 is 4.90 Å². The topological polar surface area (TPSA) is 90.2 Å². The van der Waals surface area contributed by atoms with Crippen molar-refractivity contribution < 1.29 is 29.2 Å². The first-order valence-electron chi connectivity index (χ1n) is 13.3. The number of hydrogen-bond donors (Lipinski definition) is 3. The van der Waals surface area contributed by atoms with Crippen LogP contribution in [-0.4, -0.2) is 59.8 Å². The number of aliphatic hydroxyl groups excluding tert-OH is 2. The Morgan fingerprint density at radius 1 is 1.19 bits per heavy atom. The van der Waals surface area contributed by atoms with E-state index in [0.29, 0.717) is 11.8 Å². The number of thiophene rings is 1. The number of anilines is 1. The van der Waals surface area contributed by atoms with Crippen molar-refractivity contribution in [3.05, 3.63) is 63.6 Å². The van der Waals surface area contributed by atoms with Crippen LogP contribution in [0.4, 0.5) is 10.1 Å². The molecule has 3 unspecified atom stereocenters. The molecule has 5 atom stereocenters. The molecular weight excluding hydrogens is 493 g/mol. The van der Waals surface area contributed by atoms with Crippen LogP contribution in [0.2, 0.25) is 0 Å². The molecule has 0 spiro atoms. The van der Waals surface area contributed by atoms with Crippen LogP contribution in [0.3, 0.4) is 0 Å². The molecule has 37 heavy (non-hydrogen) atoms. The molecule has 1 aliphatic carbocycles. The second-order valence-corrected chi connectivity index (χ2v) is 11.7. The lowest BCUT2D eigenvalue weighted by atomic mass is 9.73. The van der Waals surface area contributed by atoms with Gasteiger partial charge >= 0.3 is 5.97 Å². The molecule has 0 amide bonds. The van der Waals surface area contributed by atoms with Crippen LogP contribution >= 0.6 is 11.3 Å². The number of aliphatic hydroxyl groups is 2. The quantitative estimate of drug-likeness (QED) is 0.401. The van der Waals surface area contributed by atoms with Crippen molar-refractivity contribution in [2.75, 3.05) is 25.2 Å². The number of carboxylic acids is 1. The third-order valence-corrected chi connectivity index (χ3v) is 9.23. The molecule has 2 aromatic rings. The van der Waals surface area contributed by atoms with E-state index in [4.69, 9.17) is 9.84 Å². The molecule has 1 saturated heterocycles. The van der Waals surface area contributed by atoms with E-state index in [1.165, 1.54) is 28.3 Å². The minimum atomic E-state index is -1.11. The first-order valence-corrected chi connectivity index (χ1v) is 14.1. The van der Waals surface area contributed by atoms with Crippen molar-refractivity contribution in [2.24, 2.45) is 11.8 Å². The maximum absolute atomic E-state index is 13.9. The largest absolute Gasteiger partial charge is 0.481 e. The minimum absolute atomic E-state index is 0.0170. The number of hydrogen-bond acceptors (Lipinski definition) is 6. The Morgan fingerprint density at radius 3 is 2.54 bits per heavy atom. The van der Waals surface area contributed by atoms with Crippen molar-refractivity contribution in [3.8, 4) is 0 Å². The zero-order valence-corrected chi connectivity index (χ0v) is 21.9. The maximum Gasteiger partial charge on any atom is 0.305 e. The van der Waals surface area contributed by atoms with Gasteiger partial charge in [0.25, 0.3) is 0 Å². The summed E-state index contributed by atoms with van der Waals surface area (Å²) >= 11 is 1.77. The average molecular weight is 530 g/mol. The third kappa shape index (κ3) is 5.77. The summed E-state index contributed by atoms with van der Waals surface area (Å²) in [6, 6.07) is 7.01. The van der Waals surface area contributed by atoms with E-state index in [9.17, 15) is 19.4 Å². The molecule has 3 N–H and O–H groups in total. The zero-order chi connectivity index (χ0) is 26.1. The molecule has 2 fully saturated rings. The fourth-order valence-electron chi connectivity index (χ4n) is 6.29. The Kier molecular flexibility index (Phi) is 8.00. The van der Waals surface area contributed by atoms with E-state index in [2.05, 4.69) is 23.4 Å². The van der Waals surface area contributed by atoms with Crippen molar-refractivity contribution in [2.45, 2.75) is 68.6 Å². The van der Waals surface area contributed by atoms with Gasteiger partial charge in [0, 0.05) is 49.4 Å². The predicted octanol–water partition coefficient (Wildman–Crippen LogP) is 4.90. The summed E-state index contributed by atoms with van der Waals surface area (Å²) in [5, 5.41) is 31.9. The van der Waals surface area contributed by atoms with Gasteiger partial charge in [0.2, 0.25) is 0 Å². The molecule has 2 aliphatic heterocycles. The number of fused-ring (bicyclic) bond motifs is 1. The summed E-state index contributed by atoms with van der Waals surface area (Å²) < 4.78 is 19.5. The zero-order valence-electron chi connectivity index (χ0n) is 21.1. The highest BCUT2D eigenvalue weighted by Crippen LogP contribution is 2.56.